The van der Waals surface area contributed by atoms with Crippen LogP contribution in [0.4, 0.5) is 5.95 Å². The Balaban J connectivity index is 1.95. The van der Waals surface area contributed by atoms with E-state index in [9.17, 15) is 0 Å². The zero-order valence-electron chi connectivity index (χ0n) is 10.3. The minimum Gasteiger partial charge on any atom is -0.384 e. The molecule has 1 aromatic heterocycles. The molecule has 0 saturated carbocycles. The van der Waals surface area contributed by atoms with Gasteiger partial charge in [-0.15, -0.1) is 0 Å². The highest BCUT2D eigenvalue weighted by molar-refractivity contribution is 5.30. The van der Waals surface area contributed by atoms with E-state index in [-0.39, 0.29) is 0 Å². The summed E-state index contributed by atoms with van der Waals surface area (Å²) in [5.41, 5.74) is 6.48. The second-order valence-electron chi connectivity index (χ2n) is 4.44. The van der Waals surface area contributed by atoms with Crippen molar-refractivity contribution < 1.29 is 4.74 Å². The Hall–Kier alpha value is -1.20. The molecule has 2 rings (SSSR count). The highest BCUT2D eigenvalue weighted by Gasteiger charge is 2.20. The summed E-state index contributed by atoms with van der Waals surface area (Å²) < 4.78 is 5.19. The van der Waals surface area contributed by atoms with Crippen LogP contribution in [0.15, 0.2) is 12.3 Å². The Labute approximate surface area is 102 Å². The fraction of sp³-hybridized carbons (Fsp3) is 0.667. The van der Waals surface area contributed by atoms with Gasteiger partial charge in [-0.2, -0.15) is 0 Å². The van der Waals surface area contributed by atoms with Gasteiger partial charge in [-0.3, -0.25) is 0 Å². The fourth-order valence-corrected chi connectivity index (χ4v) is 2.19. The molecule has 0 amide bonds. The van der Waals surface area contributed by atoms with Crippen LogP contribution in [0.2, 0.25) is 0 Å². The SMILES string of the molecule is COCC1CCN(c2nccc(CN)n2)CC1. The summed E-state index contributed by atoms with van der Waals surface area (Å²) in [6.45, 7) is 3.33. The van der Waals surface area contributed by atoms with Crippen LogP contribution in [0, 0.1) is 5.92 Å². The molecule has 0 aliphatic carbocycles. The van der Waals surface area contributed by atoms with Crippen LogP contribution in [0.1, 0.15) is 18.5 Å². The van der Waals surface area contributed by atoms with Crippen molar-refractivity contribution in [3.63, 3.8) is 0 Å². The molecule has 0 radical (unpaired) electrons. The molecule has 5 nitrogen and oxygen atoms in total. The molecule has 0 spiro atoms. The van der Waals surface area contributed by atoms with Crippen molar-refractivity contribution in [3.05, 3.63) is 18.0 Å². The van der Waals surface area contributed by atoms with Gasteiger partial charge in [-0.25, -0.2) is 9.97 Å². The minimum atomic E-state index is 0.468. The molecule has 1 fully saturated rings. The second kappa shape index (κ2) is 5.93. The van der Waals surface area contributed by atoms with Crippen molar-refractivity contribution in [3.8, 4) is 0 Å². The molecule has 1 saturated heterocycles. The van der Waals surface area contributed by atoms with Gasteiger partial charge >= 0.3 is 0 Å². The summed E-state index contributed by atoms with van der Waals surface area (Å²) in [7, 11) is 1.76. The number of ether oxygens (including phenoxy) is 1. The molecular formula is C12H20N4O. The average molecular weight is 236 g/mol. The number of nitrogens with two attached hydrogens (primary N) is 1. The molecule has 17 heavy (non-hydrogen) atoms. The van der Waals surface area contributed by atoms with Crippen LogP contribution in [-0.2, 0) is 11.3 Å². The Morgan fingerprint density at radius 2 is 2.24 bits per heavy atom. The van der Waals surface area contributed by atoms with Crippen molar-refractivity contribution in [2.45, 2.75) is 19.4 Å². The van der Waals surface area contributed by atoms with E-state index in [4.69, 9.17) is 10.5 Å². The van der Waals surface area contributed by atoms with Gasteiger partial charge in [0.1, 0.15) is 0 Å². The first-order valence-corrected chi connectivity index (χ1v) is 6.09. The van der Waals surface area contributed by atoms with Gasteiger partial charge in [-0.1, -0.05) is 0 Å². The summed E-state index contributed by atoms with van der Waals surface area (Å²) in [6, 6.07) is 1.86. The molecule has 1 aromatic rings. The maximum atomic E-state index is 5.58. The molecule has 1 aliphatic heterocycles. The zero-order chi connectivity index (χ0) is 12.1. The Kier molecular flexibility index (Phi) is 4.28. The lowest BCUT2D eigenvalue weighted by atomic mass is 9.98. The van der Waals surface area contributed by atoms with Crippen LogP contribution in [0.3, 0.4) is 0 Å². The lowest BCUT2D eigenvalue weighted by molar-refractivity contribution is 0.139. The molecule has 0 bridgehead atoms. The Morgan fingerprint density at radius 3 is 2.88 bits per heavy atom. The number of methoxy groups -OCH3 is 1. The minimum absolute atomic E-state index is 0.468. The molecule has 0 atom stereocenters. The Bertz CT molecular complexity index is 350. The lowest BCUT2D eigenvalue weighted by Gasteiger charge is -2.31. The predicted molar refractivity (Wildman–Crippen MR) is 66.7 cm³/mol. The number of nitrogens with zero attached hydrogens (tertiary/aromatic N) is 3. The number of hydrogen-bond donors (Lipinski definition) is 1. The molecule has 0 aromatic carbocycles. The topological polar surface area (TPSA) is 64.3 Å². The van der Waals surface area contributed by atoms with Gasteiger partial charge in [-0.05, 0) is 24.8 Å². The number of rotatable bonds is 4. The maximum absolute atomic E-state index is 5.58. The predicted octanol–water partition coefficient (Wildman–Crippen LogP) is 0.798. The van der Waals surface area contributed by atoms with E-state index in [1.807, 2.05) is 6.07 Å². The molecule has 0 unspecified atom stereocenters. The van der Waals surface area contributed by atoms with Gasteiger partial charge in [0, 0.05) is 39.5 Å². The van der Waals surface area contributed by atoms with E-state index in [0.717, 1.165) is 44.2 Å². The smallest absolute Gasteiger partial charge is 0.225 e. The summed E-state index contributed by atoms with van der Waals surface area (Å²) in [5.74, 6) is 1.48. The third-order valence-corrected chi connectivity index (χ3v) is 3.21. The van der Waals surface area contributed by atoms with Gasteiger partial charge < -0.3 is 15.4 Å². The van der Waals surface area contributed by atoms with Crippen LogP contribution < -0.4 is 10.6 Å². The first-order valence-electron chi connectivity index (χ1n) is 6.09. The zero-order valence-corrected chi connectivity index (χ0v) is 10.3. The van der Waals surface area contributed by atoms with E-state index < -0.39 is 0 Å². The summed E-state index contributed by atoms with van der Waals surface area (Å²) in [6.07, 6.45) is 4.07. The molecule has 2 N–H and O–H groups in total. The van der Waals surface area contributed by atoms with E-state index in [1.54, 1.807) is 13.3 Å². The van der Waals surface area contributed by atoms with E-state index in [2.05, 4.69) is 14.9 Å². The highest BCUT2D eigenvalue weighted by Crippen LogP contribution is 2.20. The first-order chi connectivity index (χ1) is 8.33. The van der Waals surface area contributed by atoms with Crippen molar-refractivity contribution in [1.29, 1.82) is 0 Å². The first kappa shape index (κ1) is 12.3. The van der Waals surface area contributed by atoms with Gasteiger partial charge in [0.15, 0.2) is 0 Å². The van der Waals surface area contributed by atoms with Crippen LogP contribution in [0.5, 0.6) is 0 Å². The normalized spacial score (nSPS) is 17.4. The summed E-state index contributed by atoms with van der Waals surface area (Å²) in [4.78, 5) is 11.0. The monoisotopic (exact) mass is 236 g/mol. The van der Waals surface area contributed by atoms with E-state index in [1.165, 1.54) is 0 Å². The summed E-state index contributed by atoms with van der Waals surface area (Å²) in [5, 5.41) is 0. The van der Waals surface area contributed by atoms with Crippen molar-refractivity contribution in [2.75, 3.05) is 31.7 Å². The highest BCUT2D eigenvalue weighted by atomic mass is 16.5. The number of piperidine rings is 1. The van der Waals surface area contributed by atoms with E-state index >= 15 is 0 Å². The quantitative estimate of drug-likeness (QED) is 0.837. The number of aromatic nitrogens is 2. The van der Waals surface area contributed by atoms with Crippen molar-refractivity contribution >= 4 is 5.95 Å². The number of hydrogen-bond acceptors (Lipinski definition) is 5. The third kappa shape index (κ3) is 3.14. The fourth-order valence-electron chi connectivity index (χ4n) is 2.19. The van der Waals surface area contributed by atoms with E-state index in [0.29, 0.717) is 12.5 Å². The molecule has 2 heterocycles. The molecule has 1 aliphatic rings. The third-order valence-electron chi connectivity index (χ3n) is 3.21. The standard InChI is InChI=1S/C12H20N4O/c1-17-9-10-3-6-16(7-4-10)12-14-5-2-11(8-13)15-12/h2,5,10H,3-4,6-9,13H2,1H3. The number of anilines is 1. The molecular weight excluding hydrogens is 216 g/mol. The van der Waals surface area contributed by atoms with Crippen LogP contribution >= 0.6 is 0 Å². The Morgan fingerprint density at radius 1 is 1.47 bits per heavy atom. The molecule has 5 heteroatoms. The van der Waals surface area contributed by atoms with Gasteiger partial charge in [0.2, 0.25) is 5.95 Å². The molecule has 94 valence electrons. The van der Waals surface area contributed by atoms with Gasteiger partial charge in [0.25, 0.3) is 0 Å². The van der Waals surface area contributed by atoms with Crippen molar-refractivity contribution in [1.82, 2.24) is 9.97 Å². The van der Waals surface area contributed by atoms with Crippen LogP contribution in [-0.4, -0.2) is 36.8 Å². The maximum Gasteiger partial charge on any atom is 0.225 e. The lowest BCUT2D eigenvalue weighted by Crippen LogP contribution is -2.36. The van der Waals surface area contributed by atoms with Crippen LogP contribution in [0.25, 0.3) is 0 Å². The van der Waals surface area contributed by atoms with Crippen molar-refractivity contribution in [2.24, 2.45) is 11.7 Å². The summed E-state index contributed by atoms with van der Waals surface area (Å²) >= 11 is 0. The largest absolute Gasteiger partial charge is 0.384 e. The average Bonchev–Trinajstić information content (AvgIpc) is 2.40. The van der Waals surface area contributed by atoms with Gasteiger partial charge in [0.05, 0.1) is 5.69 Å². The second-order valence-corrected chi connectivity index (χ2v) is 4.44.